The van der Waals surface area contributed by atoms with Crippen molar-refractivity contribution in [3.8, 4) is 22.6 Å². The van der Waals surface area contributed by atoms with Crippen molar-refractivity contribution in [2.24, 2.45) is 5.10 Å². The van der Waals surface area contributed by atoms with Crippen molar-refractivity contribution in [1.82, 2.24) is 5.43 Å². The number of carbonyl (C=O) groups excluding carboxylic acids is 1. The third kappa shape index (κ3) is 5.44. The first-order valence-corrected chi connectivity index (χ1v) is 9.39. The van der Waals surface area contributed by atoms with Crippen LogP contribution < -0.4 is 14.9 Å². The fourth-order valence-corrected chi connectivity index (χ4v) is 2.91. The van der Waals surface area contributed by atoms with Gasteiger partial charge >= 0.3 is 0 Å². The summed E-state index contributed by atoms with van der Waals surface area (Å²) in [5, 5.41) is 3.95. The summed E-state index contributed by atoms with van der Waals surface area (Å²) in [6, 6.07) is 23.2. The van der Waals surface area contributed by atoms with Crippen molar-refractivity contribution in [2.75, 3.05) is 13.7 Å². The molecule has 0 unspecified atom stereocenters. The average molecular weight is 439 g/mol. The van der Waals surface area contributed by atoms with Gasteiger partial charge < -0.3 is 9.47 Å². The second-order valence-corrected chi connectivity index (χ2v) is 6.77. The lowest BCUT2D eigenvalue weighted by molar-refractivity contribution is -0.123. The number of halogens is 1. The predicted octanol–water partition coefficient (Wildman–Crippen LogP) is 4.65. The SMILES string of the molecule is COc1ccc(Br)cc1/C=N\NC(=O)COc1ccc(-c2ccccc2)cc1. The van der Waals surface area contributed by atoms with Gasteiger partial charge in [-0.2, -0.15) is 5.10 Å². The Bertz CT molecular complexity index is 957. The molecule has 0 aliphatic carbocycles. The smallest absolute Gasteiger partial charge is 0.277 e. The van der Waals surface area contributed by atoms with Gasteiger partial charge in [0.2, 0.25) is 0 Å². The number of ether oxygens (including phenoxy) is 2. The van der Waals surface area contributed by atoms with Crippen molar-refractivity contribution in [2.45, 2.75) is 0 Å². The molecule has 1 amide bonds. The van der Waals surface area contributed by atoms with Crippen LogP contribution in [0.15, 0.2) is 82.4 Å². The summed E-state index contributed by atoms with van der Waals surface area (Å²) < 4.78 is 11.7. The van der Waals surface area contributed by atoms with Crippen molar-refractivity contribution in [1.29, 1.82) is 0 Å². The zero-order valence-corrected chi connectivity index (χ0v) is 16.8. The molecule has 0 saturated carbocycles. The molecule has 0 aliphatic rings. The highest BCUT2D eigenvalue weighted by atomic mass is 79.9. The van der Waals surface area contributed by atoms with E-state index in [0.717, 1.165) is 21.2 Å². The molecule has 3 aromatic carbocycles. The monoisotopic (exact) mass is 438 g/mol. The van der Waals surface area contributed by atoms with Gasteiger partial charge in [0.05, 0.1) is 13.3 Å². The van der Waals surface area contributed by atoms with Gasteiger partial charge in [0.1, 0.15) is 11.5 Å². The maximum Gasteiger partial charge on any atom is 0.277 e. The summed E-state index contributed by atoms with van der Waals surface area (Å²) >= 11 is 3.39. The quantitative estimate of drug-likeness (QED) is 0.431. The van der Waals surface area contributed by atoms with Crippen LogP contribution in [0.2, 0.25) is 0 Å². The molecule has 0 aromatic heterocycles. The zero-order valence-electron chi connectivity index (χ0n) is 15.3. The first-order valence-electron chi connectivity index (χ1n) is 8.59. The first-order chi connectivity index (χ1) is 13.7. The fraction of sp³-hybridized carbons (Fsp3) is 0.0909. The number of nitrogens with one attached hydrogen (secondary N) is 1. The van der Waals surface area contributed by atoms with Gasteiger partial charge in [-0.1, -0.05) is 58.4 Å². The van der Waals surface area contributed by atoms with Crippen LogP contribution in [0.25, 0.3) is 11.1 Å². The summed E-state index contributed by atoms with van der Waals surface area (Å²) in [6.07, 6.45) is 1.52. The summed E-state index contributed by atoms with van der Waals surface area (Å²) in [6.45, 7) is -0.127. The fourth-order valence-electron chi connectivity index (χ4n) is 2.54. The maximum atomic E-state index is 11.9. The highest BCUT2D eigenvalue weighted by molar-refractivity contribution is 9.10. The number of hydrogen-bond donors (Lipinski definition) is 1. The molecule has 0 saturated heterocycles. The standard InChI is InChI=1S/C22H19BrN2O3/c1-27-21-12-9-19(23)13-18(21)14-24-25-22(26)15-28-20-10-7-17(8-11-20)16-5-3-2-4-6-16/h2-14H,15H2,1H3,(H,25,26)/b24-14-. The Morgan fingerprint density at radius 2 is 1.75 bits per heavy atom. The molecule has 0 heterocycles. The molecular formula is C22H19BrN2O3. The molecule has 0 atom stereocenters. The predicted molar refractivity (Wildman–Crippen MR) is 114 cm³/mol. The van der Waals surface area contributed by atoms with E-state index in [9.17, 15) is 4.79 Å². The second kappa shape index (κ2) is 9.71. The van der Waals surface area contributed by atoms with Gasteiger partial charge in [-0.3, -0.25) is 4.79 Å². The van der Waals surface area contributed by atoms with E-state index in [-0.39, 0.29) is 12.5 Å². The van der Waals surface area contributed by atoms with Gasteiger partial charge in [0.15, 0.2) is 6.61 Å². The highest BCUT2D eigenvalue weighted by Crippen LogP contribution is 2.22. The topological polar surface area (TPSA) is 59.9 Å². The normalized spacial score (nSPS) is 10.6. The third-order valence-electron chi connectivity index (χ3n) is 3.92. The zero-order chi connectivity index (χ0) is 19.8. The molecule has 0 aliphatic heterocycles. The average Bonchev–Trinajstić information content (AvgIpc) is 2.73. The van der Waals surface area contributed by atoms with E-state index in [0.29, 0.717) is 11.5 Å². The lowest BCUT2D eigenvalue weighted by atomic mass is 10.1. The van der Waals surface area contributed by atoms with Crippen LogP contribution in [0.3, 0.4) is 0 Å². The van der Waals surface area contributed by atoms with Crippen molar-refractivity contribution < 1.29 is 14.3 Å². The van der Waals surface area contributed by atoms with Gasteiger partial charge in [-0.25, -0.2) is 5.43 Å². The lowest BCUT2D eigenvalue weighted by Gasteiger charge is -2.07. The van der Waals surface area contributed by atoms with Crippen molar-refractivity contribution in [3.63, 3.8) is 0 Å². The number of rotatable bonds is 7. The minimum Gasteiger partial charge on any atom is -0.496 e. The number of hydrogen-bond acceptors (Lipinski definition) is 4. The summed E-state index contributed by atoms with van der Waals surface area (Å²) in [7, 11) is 1.58. The summed E-state index contributed by atoms with van der Waals surface area (Å²) in [5.74, 6) is 0.931. The number of nitrogens with zero attached hydrogens (tertiary/aromatic N) is 1. The van der Waals surface area contributed by atoms with E-state index in [1.807, 2.05) is 72.8 Å². The van der Waals surface area contributed by atoms with Crippen molar-refractivity contribution >= 4 is 28.1 Å². The molecule has 1 N–H and O–H groups in total. The minimum atomic E-state index is -0.350. The Labute approximate surface area is 172 Å². The van der Waals surface area contributed by atoms with E-state index in [4.69, 9.17) is 9.47 Å². The lowest BCUT2D eigenvalue weighted by Crippen LogP contribution is -2.24. The number of hydrazone groups is 1. The van der Waals surface area contributed by atoms with Crippen LogP contribution in [0.5, 0.6) is 11.5 Å². The minimum absolute atomic E-state index is 0.127. The molecule has 0 bridgehead atoms. The molecule has 0 fully saturated rings. The Hall–Kier alpha value is -3.12. The number of carbonyl (C=O) groups is 1. The van der Waals surface area contributed by atoms with Gasteiger partial charge in [-0.05, 0) is 41.5 Å². The van der Waals surface area contributed by atoms with E-state index >= 15 is 0 Å². The van der Waals surface area contributed by atoms with Crippen LogP contribution in [0.1, 0.15) is 5.56 Å². The molecule has 0 radical (unpaired) electrons. The maximum absolute atomic E-state index is 11.9. The van der Waals surface area contributed by atoms with E-state index in [1.54, 1.807) is 7.11 Å². The largest absolute Gasteiger partial charge is 0.496 e. The van der Waals surface area contributed by atoms with E-state index < -0.39 is 0 Å². The molecule has 142 valence electrons. The summed E-state index contributed by atoms with van der Waals surface area (Å²) in [4.78, 5) is 11.9. The molecule has 5 nitrogen and oxygen atoms in total. The molecule has 0 spiro atoms. The molecule has 3 rings (SSSR count). The number of amides is 1. The number of benzene rings is 3. The molecule has 28 heavy (non-hydrogen) atoms. The Morgan fingerprint density at radius 3 is 2.46 bits per heavy atom. The van der Waals surface area contributed by atoms with Crippen LogP contribution in [-0.2, 0) is 4.79 Å². The van der Waals surface area contributed by atoms with E-state index in [2.05, 4.69) is 26.5 Å². The van der Waals surface area contributed by atoms with Gasteiger partial charge in [0.25, 0.3) is 5.91 Å². The van der Waals surface area contributed by atoms with Gasteiger partial charge in [-0.15, -0.1) is 0 Å². The second-order valence-electron chi connectivity index (χ2n) is 5.86. The van der Waals surface area contributed by atoms with Crippen molar-refractivity contribution in [3.05, 3.63) is 82.8 Å². The van der Waals surface area contributed by atoms with Crippen LogP contribution in [0, 0.1) is 0 Å². The first kappa shape index (κ1) is 19.6. The Balaban J connectivity index is 1.51. The number of methoxy groups -OCH3 is 1. The molecular weight excluding hydrogens is 420 g/mol. The third-order valence-corrected chi connectivity index (χ3v) is 4.41. The summed E-state index contributed by atoms with van der Waals surface area (Å²) in [5.41, 5.74) is 5.41. The van der Waals surface area contributed by atoms with Gasteiger partial charge in [0, 0.05) is 10.0 Å². The van der Waals surface area contributed by atoms with E-state index in [1.165, 1.54) is 6.21 Å². The Morgan fingerprint density at radius 1 is 1.04 bits per heavy atom. The van der Waals surface area contributed by atoms with Crippen LogP contribution in [0.4, 0.5) is 0 Å². The van der Waals surface area contributed by atoms with Crippen LogP contribution in [-0.4, -0.2) is 25.8 Å². The Kier molecular flexibility index (Phi) is 6.81. The van der Waals surface area contributed by atoms with Crippen LogP contribution >= 0.6 is 15.9 Å². The highest BCUT2D eigenvalue weighted by Gasteiger charge is 2.04. The molecule has 6 heteroatoms. The molecule has 3 aromatic rings.